The molecule has 0 bridgehead atoms. The first-order valence-corrected chi connectivity index (χ1v) is 8.43. The summed E-state index contributed by atoms with van der Waals surface area (Å²) in [5.74, 6) is -0.200. The van der Waals surface area contributed by atoms with E-state index in [-0.39, 0.29) is 5.91 Å². The molecule has 3 aromatic heterocycles. The summed E-state index contributed by atoms with van der Waals surface area (Å²) in [5.41, 5.74) is 0.401. The van der Waals surface area contributed by atoms with Crippen LogP contribution in [-0.4, -0.2) is 16.0 Å². The number of nitrogens with zero attached hydrogens (tertiary/aromatic N) is 1. The Bertz CT molecular complexity index is 739. The second kappa shape index (κ2) is 6.83. The zero-order valence-electron chi connectivity index (χ0n) is 11.6. The molecule has 4 nitrogen and oxygen atoms in total. The van der Waals surface area contributed by atoms with E-state index in [1.807, 2.05) is 29.6 Å². The van der Waals surface area contributed by atoms with Gasteiger partial charge in [0.15, 0.2) is 0 Å². The van der Waals surface area contributed by atoms with Crippen LogP contribution in [0.15, 0.2) is 54.0 Å². The fourth-order valence-corrected chi connectivity index (χ4v) is 3.74. The van der Waals surface area contributed by atoms with Crippen LogP contribution in [0, 0.1) is 0 Å². The summed E-state index contributed by atoms with van der Waals surface area (Å²) in [6.45, 7) is 0.428. The van der Waals surface area contributed by atoms with Crippen molar-refractivity contribution in [2.45, 2.75) is 12.6 Å². The number of aromatic nitrogens is 1. The van der Waals surface area contributed by atoms with E-state index >= 15 is 0 Å². The molecular formula is C16H14N2O2S2. The third-order valence-corrected chi connectivity index (χ3v) is 5.15. The van der Waals surface area contributed by atoms with E-state index in [9.17, 15) is 9.90 Å². The van der Waals surface area contributed by atoms with Crippen molar-refractivity contribution in [3.05, 3.63) is 74.4 Å². The maximum absolute atomic E-state index is 11.9. The predicted octanol–water partition coefficient (Wildman–Crippen LogP) is 3.22. The Labute approximate surface area is 136 Å². The van der Waals surface area contributed by atoms with Gasteiger partial charge in [0.1, 0.15) is 11.8 Å². The molecule has 3 heterocycles. The van der Waals surface area contributed by atoms with Crippen LogP contribution in [0.4, 0.5) is 0 Å². The van der Waals surface area contributed by atoms with Gasteiger partial charge in [-0.3, -0.25) is 9.78 Å². The van der Waals surface area contributed by atoms with Crippen LogP contribution in [0.2, 0.25) is 0 Å². The van der Waals surface area contributed by atoms with Crippen LogP contribution >= 0.6 is 22.7 Å². The highest BCUT2D eigenvalue weighted by Crippen LogP contribution is 2.30. The molecule has 0 aliphatic rings. The molecule has 1 atom stereocenters. The van der Waals surface area contributed by atoms with Gasteiger partial charge in [0, 0.05) is 20.8 Å². The van der Waals surface area contributed by atoms with Crippen molar-refractivity contribution in [2.75, 3.05) is 0 Å². The number of aliphatic hydroxyl groups excluding tert-OH is 1. The zero-order chi connectivity index (χ0) is 15.4. The van der Waals surface area contributed by atoms with Gasteiger partial charge in [-0.15, -0.1) is 22.7 Å². The highest BCUT2D eigenvalue weighted by Gasteiger charge is 2.14. The maximum atomic E-state index is 11.9. The van der Waals surface area contributed by atoms with E-state index < -0.39 is 6.10 Å². The lowest BCUT2D eigenvalue weighted by Gasteiger charge is -2.05. The van der Waals surface area contributed by atoms with Crippen LogP contribution < -0.4 is 5.32 Å². The first-order valence-electron chi connectivity index (χ1n) is 6.73. The first-order chi connectivity index (χ1) is 10.7. The van der Waals surface area contributed by atoms with Gasteiger partial charge in [-0.25, -0.2) is 0 Å². The Morgan fingerprint density at radius 1 is 1.18 bits per heavy atom. The third-order valence-electron chi connectivity index (χ3n) is 3.09. The SMILES string of the molecule is O=C(NCc1ccc(C(O)c2cccs2)s1)c1ccccn1. The number of thiophene rings is 2. The van der Waals surface area contributed by atoms with Gasteiger partial charge in [-0.2, -0.15) is 0 Å². The van der Waals surface area contributed by atoms with Gasteiger partial charge in [0.25, 0.3) is 5.91 Å². The Balaban J connectivity index is 1.61. The second-order valence-corrected chi connectivity index (χ2v) is 6.80. The summed E-state index contributed by atoms with van der Waals surface area (Å²) in [4.78, 5) is 18.7. The fraction of sp³-hybridized carbons (Fsp3) is 0.125. The number of carbonyl (C=O) groups is 1. The minimum absolute atomic E-state index is 0.200. The van der Waals surface area contributed by atoms with Crippen LogP contribution in [0.5, 0.6) is 0 Å². The van der Waals surface area contributed by atoms with Crippen molar-refractivity contribution >= 4 is 28.6 Å². The lowest BCUT2D eigenvalue weighted by Crippen LogP contribution is -2.23. The predicted molar refractivity (Wildman–Crippen MR) is 88.1 cm³/mol. The molecule has 0 aliphatic carbocycles. The molecular weight excluding hydrogens is 316 g/mol. The highest BCUT2D eigenvalue weighted by molar-refractivity contribution is 7.12. The number of nitrogens with one attached hydrogen (secondary N) is 1. The lowest BCUT2D eigenvalue weighted by atomic mass is 10.2. The Morgan fingerprint density at radius 3 is 2.82 bits per heavy atom. The zero-order valence-corrected chi connectivity index (χ0v) is 13.2. The summed E-state index contributed by atoms with van der Waals surface area (Å²) in [6, 6.07) is 12.9. The Hall–Kier alpha value is -2.02. The number of aliphatic hydroxyl groups is 1. The normalized spacial score (nSPS) is 12.0. The molecule has 6 heteroatoms. The van der Waals surface area contributed by atoms with E-state index in [0.717, 1.165) is 14.6 Å². The molecule has 0 radical (unpaired) electrons. The van der Waals surface area contributed by atoms with Crippen LogP contribution in [0.25, 0.3) is 0 Å². The van der Waals surface area contributed by atoms with Gasteiger partial charge < -0.3 is 10.4 Å². The summed E-state index contributed by atoms with van der Waals surface area (Å²) in [6.07, 6.45) is 1.00. The Morgan fingerprint density at radius 2 is 2.09 bits per heavy atom. The summed E-state index contributed by atoms with van der Waals surface area (Å²) in [5, 5.41) is 15.0. The fourth-order valence-electron chi connectivity index (χ4n) is 1.98. The van der Waals surface area contributed by atoms with Crippen molar-refractivity contribution in [2.24, 2.45) is 0 Å². The largest absolute Gasteiger partial charge is 0.382 e. The molecule has 22 heavy (non-hydrogen) atoms. The van der Waals surface area contributed by atoms with Gasteiger partial charge >= 0.3 is 0 Å². The van der Waals surface area contributed by atoms with Crippen molar-refractivity contribution in [3.8, 4) is 0 Å². The molecule has 0 saturated heterocycles. The average Bonchev–Trinajstić information content (AvgIpc) is 3.24. The average molecular weight is 330 g/mol. The highest BCUT2D eigenvalue weighted by atomic mass is 32.1. The number of carbonyl (C=O) groups excluding carboxylic acids is 1. The van der Waals surface area contributed by atoms with E-state index in [1.165, 1.54) is 22.7 Å². The number of amides is 1. The number of hydrogen-bond donors (Lipinski definition) is 2. The van der Waals surface area contributed by atoms with Crippen LogP contribution in [0.1, 0.15) is 31.2 Å². The van der Waals surface area contributed by atoms with Crippen molar-refractivity contribution in [3.63, 3.8) is 0 Å². The lowest BCUT2D eigenvalue weighted by molar-refractivity contribution is 0.0946. The number of hydrogen-bond acceptors (Lipinski definition) is 5. The third kappa shape index (κ3) is 3.41. The number of pyridine rings is 1. The van der Waals surface area contributed by atoms with Crippen LogP contribution in [-0.2, 0) is 6.54 Å². The Kier molecular flexibility index (Phi) is 4.62. The van der Waals surface area contributed by atoms with E-state index in [0.29, 0.717) is 12.2 Å². The van der Waals surface area contributed by atoms with Gasteiger partial charge in [0.2, 0.25) is 0 Å². The molecule has 3 rings (SSSR count). The van der Waals surface area contributed by atoms with Gasteiger partial charge in [-0.05, 0) is 35.7 Å². The quantitative estimate of drug-likeness (QED) is 0.755. The van der Waals surface area contributed by atoms with Crippen molar-refractivity contribution in [1.29, 1.82) is 0 Å². The standard InChI is InChI=1S/C16H14N2O2S2/c19-15(13-5-3-9-21-13)14-7-6-11(22-14)10-18-16(20)12-4-1-2-8-17-12/h1-9,15,19H,10H2,(H,18,20). The first kappa shape index (κ1) is 14.9. The van der Waals surface area contributed by atoms with E-state index in [2.05, 4.69) is 10.3 Å². The molecule has 2 N–H and O–H groups in total. The molecule has 112 valence electrons. The molecule has 0 aliphatic heterocycles. The topological polar surface area (TPSA) is 62.2 Å². The molecule has 0 aromatic carbocycles. The molecule has 0 saturated carbocycles. The monoisotopic (exact) mass is 330 g/mol. The molecule has 3 aromatic rings. The van der Waals surface area contributed by atoms with E-state index in [1.54, 1.807) is 24.4 Å². The molecule has 1 unspecified atom stereocenters. The van der Waals surface area contributed by atoms with Crippen LogP contribution in [0.3, 0.4) is 0 Å². The smallest absolute Gasteiger partial charge is 0.270 e. The molecule has 1 amide bonds. The van der Waals surface area contributed by atoms with Gasteiger partial charge in [0.05, 0.1) is 6.54 Å². The number of rotatable bonds is 5. The second-order valence-electron chi connectivity index (χ2n) is 4.62. The summed E-state index contributed by atoms with van der Waals surface area (Å²) in [7, 11) is 0. The molecule has 0 fully saturated rings. The van der Waals surface area contributed by atoms with E-state index in [4.69, 9.17) is 0 Å². The maximum Gasteiger partial charge on any atom is 0.270 e. The van der Waals surface area contributed by atoms with Crippen molar-refractivity contribution in [1.82, 2.24) is 10.3 Å². The minimum Gasteiger partial charge on any atom is -0.382 e. The summed E-state index contributed by atoms with van der Waals surface area (Å²) < 4.78 is 0. The van der Waals surface area contributed by atoms with Gasteiger partial charge in [-0.1, -0.05) is 12.1 Å². The van der Waals surface area contributed by atoms with Crippen molar-refractivity contribution < 1.29 is 9.90 Å². The summed E-state index contributed by atoms with van der Waals surface area (Å²) >= 11 is 3.03. The minimum atomic E-state index is -0.592. The molecule has 0 spiro atoms.